The van der Waals surface area contributed by atoms with Crippen LogP contribution >= 0.6 is 11.9 Å². The molecule has 0 heterocycles. The van der Waals surface area contributed by atoms with E-state index in [1.807, 2.05) is 20.1 Å². The molecule has 0 rings (SSSR count). The Balaban J connectivity index is 3.86. The second-order valence-electron chi connectivity index (χ2n) is 2.30. The molecule has 0 amide bonds. The minimum Gasteiger partial charge on any atom is -0.224 e. The van der Waals surface area contributed by atoms with Crippen molar-refractivity contribution < 1.29 is 0 Å². The SMILES string of the molecule is CC=NS/C(=C\C)C(C)C. The minimum atomic E-state index is 0.596. The molecule has 1 nitrogen and oxygen atoms in total. The van der Waals surface area contributed by atoms with Gasteiger partial charge >= 0.3 is 0 Å². The molecular formula is C8H15NS. The molecule has 0 aliphatic carbocycles. The zero-order chi connectivity index (χ0) is 7.98. The molecule has 0 radical (unpaired) electrons. The summed E-state index contributed by atoms with van der Waals surface area (Å²) >= 11 is 1.56. The molecule has 0 aromatic rings. The van der Waals surface area contributed by atoms with Gasteiger partial charge < -0.3 is 0 Å². The van der Waals surface area contributed by atoms with E-state index in [-0.39, 0.29) is 0 Å². The molecule has 0 fully saturated rings. The highest BCUT2D eigenvalue weighted by Gasteiger charge is 1.99. The molecule has 0 spiro atoms. The van der Waals surface area contributed by atoms with Crippen molar-refractivity contribution in [2.45, 2.75) is 27.7 Å². The average molecular weight is 157 g/mol. The first-order chi connectivity index (χ1) is 4.72. The van der Waals surface area contributed by atoms with E-state index in [2.05, 4.69) is 24.3 Å². The Kier molecular flexibility index (Phi) is 5.40. The summed E-state index contributed by atoms with van der Waals surface area (Å²) in [6.45, 7) is 8.33. The molecule has 2 heteroatoms. The summed E-state index contributed by atoms with van der Waals surface area (Å²) in [6, 6.07) is 0. The maximum absolute atomic E-state index is 4.09. The highest BCUT2D eigenvalue weighted by molar-refractivity contribution is 8.01. The van der Waals surface area contributed by atoms with Crippen LogP contribution in [0.25, 0.3) is 0 Å². The molecule has 0 atom stereocenters. The van der Waals surface area contributed by atoms with E-state index < -0.39 is 0 Å². The topological polar surface area (TPSA) is 12.4 Å². The maximum atomic E-state index is 4.09. The number of nitrogens with zero attached hydrogens (tertiary/aromatic N) is 1. The fourth-order valence-corrected chi connectivity index (χ4v) is 1.15. The molecule has 10 heavy (non-hydrogen) atoms. The lowest BCUT2D eigenvalue weighted by molar-refractivity contribution is 0.815. The van der Waals surface area contributed by atoms with Crippen LogP contribution in [-0.2, 0) is 0 Å². The zero-order valence-corrected chi connectivity index (χ0v) is 7.90. The molecule has 0 aliphatic rings. The van der Waals surface area contributed by atoms with Gasteiger partial charge in [0, 0.05) is 23.1 Å². The molecule has 0 N–H and O–H groups in total. The molecule has 0 unspecified atom stereocenters. The van der Waals surface area contributed by atoms with E-state index in [1.165, 1.54) is 4.91 Å². The van der Waals surface area contributed by atoms with Crippen molar-refractivity contribution in [3.05, 3.63) is 11.0 Å². The van der Waals surface area contributed by atoms with Crippen LogP contribution in [0.15, 0.2) is 15.4 Å². The predicted octanol–water partition coefficient (Wildman–Crippen LogP) is 3.29. The second-order valence-corrected chi connectivity index (χ2v) is 3.17. The Bertz CT molecular complexity index is 136. The Morgan fingerprint density at radius 3 is 2.30 bits per heavy atom. The van der Waals surface area contributed by atoms with Crippen molar-refractivity contribution in [3.63, 3.8) is 0 Å². The van der Waals surface area contributed by atoms with E-state index in [1.54, 1.807) is 11.9 Å². The van der Waals surface area contributed by atoms with E-state index >= 15 is 0 Å². The van der Waals surface area contributed by atoms with Crippen LogP contribution in [0.2, 0.25) is 0 Å². The van der Waals surface area contributed by atoms with Gasteiger partial charge in [0.05, 0.1) is 0 Å². The van der Waals surface area contributed by atoms with Crippen molar-refractivity contribution in [2.75, 3.05) is 0 Å². The van der Waals surface area contributed by atoms with Gasteiger partial charge in [-0.3, -0.25) is 0 Å². The van der Waals surface area contributed by atoms with Crippen molar-refractivity contribution in [1.29, 1.82) is 0 Å². The Hall–Kier alpha value is -0.240. The van der Waals surface area contributed by atoms with Crippen LogP contribution in [0.1, 0.15) is 27.7 Å². The largest absolute Gasteiger partial charge is 0.224 e. The van der Waals surface area contributed by atoms with Gasteiger partial charge in [0.15, 0.2) is 0 Å². The van der Waals surface area contributed by atoms with Gasteiger partial charge in [0.25, 0.3) is 0 Å². The maximum Gasteiger partial charge on any atom is 0.00988 e. The smallest absolute Gasteiger partial charge is 0.00988 e. The summed E-state index contributed by atoms with van der Waals surface area (Å²) in [4.78, 5) is 1.33. The van der Waals surface area contributed by atoms with E-state index in [0.29, 0.717) is 5.92 Å². The molecule has 0 aliphatic heterocycles. The molecule has 0 bridgehead atoms. The summed E-state index contributed by atoms with van der Waals surface area (Å²) in [7, 11) is 0. The Morgan fingerprint density at radius 2 is 2.00 bits per heavy atom. The number of allylic oxidation sites excluding steroid dienone is 2. The third-order valence-electron chi connectivity index (χ3n) is 1.12. The van der Waals surface area contributed by atoms with E-state index in [0.717, 1.165) is 0 Å². The van der Waals surface area contributed by atoms with Crippen molar-refractivity contribution in [1.82, 2.24) is 0 Å². The van der Waals surface area contributed by atoms with Gasteiger partial charge in [-0.1, -0.05) is 19.9 Å². The molecule has 0 aromatic heterocycles. The minimum absolute atomic E-state index is 0.596. The van der Waals surface area contributed by atoms with Gasteiger partial charge in [0.2, 0.25) is 0 Å². The fourth-order valence-electron chi connectivity index (χ4n) is 0.605. The lowest BCUT2D eigenvalue weighted by atomic mass is 10.2. The lowest BCUT2D eigenvalue weighted by Crippen LogP contribution is -1.86. The lowest BCUT2D eigenvalue weighted by Gasteiger charge is -2.04. The summed E-state index contributed by atoms with van der Waals surface area (Å²) in [5, 5.41) is 0. The van der Waals surface area contributed by atoms with Gasteiger partial charge in [-0.2, -0.15) is 0 Å². The monoisotopic (exact) mass is 157 g/mol. The van der Waals surface area contributed by atoms with Crippen molar-refractivity contribution in [3.8, 4) is 0 Å². The summed E-state index contributed by atoms with van der Waals surface area (Å²) < 4.78 is 4.09. The predicted molar refractivity (Wildman–Crippen MR) is 50.4 cm³/mol. The molecule has 0 aromatic carbocycles. The molecular weight excluding hydrogens is 142 g/mol. The summed E-state index contributed by atoms with van der Waals surface area (Å²) in [5.41, 5.74) is 0. The van der Waals surface area contributed by atoms with Crippen LogP contribution < -0.4 is 0 Å². The van der Waals surface area contributed by atoms with Gasteiger partial charge in [-0.15, -0.1) is 0 Å². The first-order valence-corrected chi connectivity index (χ1v) is 4.31. The highest BCUT2D eigenvalue weighted by Crippen LogP contribution is 2.23. The molecule has 58 valence electrons. The molecule has 0 saturated carbocycles. The average Bonchev–Trinajstić information content (AvgIpc) is 1.89. The van der Waals surface area contributed by atoms with Gasteiger partial charge in [-0.25, -0.2) is 4.40 Å². The first kappa shape index (κ1) is 9.76. The Labute approximate surface area is 67.8 Å². The molecule has 0 saturated heterocycles. The van der Waals surface area contributed by atoms with Gasteiger partial charge in [-0.05, 0) is 19.8 Å². The second kappa shape index (κ2) is 5.54. The van der Waals surface area contributed by atoms with E-state index in [4.69, 9.17) is 0 Å². The zero-order valence-electron chi connectivity index (χ0n) is 7.09. The first-order valence-electron chi connectivity index (χ1n) is 3.53. The highest BCUT2D eigenvalue weighted by atomic mass is 32.2. The normalized spacial score (nSPS) is 13.5. The van der Waals surface area contributed by atoms with Crippen LogP contribution in [-0.4, -0.2) is 6.21 Å². The van der Waals surface area contributed by atoms with Gasteiger partial charge in [0.1, 0.15) is 0 Å². The summed E-state index contributed by atoms with van der Waals surface area (Å²) in [6.07, 6.45) is 3.93. The van der Waals surface area contributed by atoms with Crippen LogP contribution in [0.5, 0.6) is 0 Å². The van der Waals surface area contributed by atoms with Crippen LogP contribution in [0, 0.1) is 5.92 Å². The third-order valence-corrected chi connectivity index (χ3v) is 2.35. The Morgan fingerprint density at radius 1 is 1.40 bits per heavy atom. The van der Waals surface area contributed by atoms with Crippen molar-refractivity contribution in [2.24, 2.45) is 10.3 Å². The van der Waals surface area contributed by atoms with Crippen LogP contribution in [0.4, 0.5) is 0 Å². The van der Waals surface area contributed by atoms with E-state index in [9.17, 15) is 0 Å². The number of hydrogen-bond acceptors (Lipinski definition) is 2. The standard InChI is InChI=1S/C8H15NS/c1-5-8(7(3)4)10-9-6-2/h5-7H,1-4H3/b8-5-,9-6?. The number of rotatable bonds is 3. The quantitative estimate of drug-likeness (QED) is 0.452. The van der Waals surface area contributed by atoms with Crippen molar-refractivity contribution >= 4 is 18.2 Å². The van der Waals surface area contributed by atoms with Crippen LogP contribution in [0.3, 0.4) is 0 Å². The third kappa shape index (κ3) is 3.72. The summed E-state index contributed by atoms with van der Waals surface area (Å²) in [5.74, 6) is 0.596. The fraction of sp³-hybridized carbons (Fsp3) is 0.625. The number of hydrogen-bond donors (Lipinski definition) is 0.